The Bertz CT molecular complexity index is 929. The molecule has 2 N–H and O–H groups in total. The van der Waals surface area contributed by atoms with Crippen molar-refractivity contribution >= 4 is 18.0 Å². The number of alkyl carbamates (subject to hydrolysis) is 1. The Kier molecular flexibility index (Phi) is 7.87. The molecule has 0 fully saturated rings. The number of carbonyl (C=O) groups excluding carboxylic acids is 2. The number of carboxylic acid groups (broad SMARTS) is 1. The molecule has 0 unspecified atom stereocenters. The van der Waals surface area contributed by atoms with Crippen LogP contribution in [0.4, 0.5) is 4.79 Å². The second-order valence-electron chi connectivity index (χ2n) is 8.07. The van der Waals surface area contributed by atoms with Gasteiger partial charge in [-0.3, -0.25) is 9.59 Å². The molecule has 0 bridgehead atoms. The highest BCUT2D eigenvalue weighted by atomic mass is 16.5. The van der Waals surface area contributed by atoms with Crippen molar-refractivity contribution in [3.63, 3.8) is 0 Å². The molecule has 170 valence electrons. The topological polar surface area (TPSA) is 95.9 Å². The maximum absolute atomic E-state index is 12.7. The summed E-state index contributed by atoms with van der Waals surface area (Å²) >= 11 is 0. The van der Waals surface area contributed by atoms with Gasteiger partial charge in [0.05, 0.1) is 6.42 Å². The quantitative estimate of drug-likeness (QED) is 0.584. The Morgan fingerprint density at radius 2 is 1.66 bits per heavy atom. The Morgan fingerprint density at radius 1 is 1.06 bits per heavy atom. The van der Waals surface area contributed by atoms with E-state index in [1.54, 1.807) is 7.05 Å². The first-order chi connectivity index (χ1) is 15.4. The van der Waals surface area contributed by atoms with E-state index >= 15 is 0 Å². The molecule has 2 amide bonds. The minimum atomic E-state index is -0.973. The van der Waals surface area contributed by atoms with E-state index in [-0.39, 0.29) is 31.4 Å². The Hall–Kier alpha value is -3.35. The molecule has 0 saturated carbocycles. The summed E-state index contributed by atoms with van der Waals surface area (Å²) in [5, 5.41) is 11.5. The lowest BCUT2D eigenvalue weighted by atomic mass is 9.98. The minimum absolute atomic E-state index is 0.0591. The van der Waals surface area contributed by atoms with Crippen LogP contribution in [0.3, 0.4) is 0 Å². The van der Waals surface area contributed by atoms with Crippen LogP contribution in [0.2, 0.25) is 0 Å². The maximum Gasteiger partial charge on any atom is 0.407 e. The highest BCUT2D eigenvalue weighted by molar-refractivity contribution is 5.86. The lowest BCUT2D eigenvalue weighted by molar-refractivity contribution is -0.138. The van der Waals surface area contributed by atoms with Crippen LogP contribution in [0.1, 0.15) is 49.7 Å². The van der Waals surface area contributed by atoms with E-state index in [4.69, 9.17) is 9.84 Å². The first-order valence-electron chi connectivity index (χ1n) is 11.0. The van der Waals surface area contributed by atoms with Crippen LogP contribution in [-0.2, 0) is 14.3 Å². The molecule has 0 heterocycles. The van der Waals surface area contributed by atoms with E-state index in [9.17, 15) is 14.4 Å². The summed E-state index contributed by atoms with van der Waals surface area (Å²) in [5.74, 6) is -1.34. The van der Waals surface area contributed by atoms with Gasteiger partial charge in [0.1, 0.15) is 12.6 Å². The van der Waals surface area contributed by atoms with Gasteiger partial charge in [-0.15, -0.1) is 0 Å². The van der Waals surface area contributed by atoms with Crippen molar-refractivity contribution in [2.75, 3.05) is 20.2 Å². The number of rotatable bonds is 10. The van der Waals surface area contributed by atoms with Gasteiger partial charge in [0, 0.05) is 19.5 Å². The number of aliphatic carboxylic acids is 1. The van der Waals surface area contributed by atoms with Gasteiger partial charge in [0.15, 0.2) is 0 Å². The molecule has 0 aliphatic heterocycles. The van der Waals surface area contributed by atoms with Gasteiger partial charge < -0.3 is 20.1 Å². The molecule has 0 spiro atoms. The van der Waals surface area contributed by atoms with Crippen molar-refractivity contribution in [1.82, 2.24) is 10.2 Å². The molecule has 3 rings (SSSR count). The Morgan fingerprint density at radius 3 is 2.22 bits per heavy atom. The average molecular weight is 439 g/mol. The molecule has 1 aliphatic carbocycles. The van der Waals surface area contributed by atoms with E-state index in [2.05, 4.69) is 17.4 Å². The summed E-state index contributed by atoms with van der Waals surface area (Å²) in [6.45, 7) is 2.26. The third-order valence-electron chi connectivity index (χ3n) is 5.82. The molecule has 2 aromatic rings. The maximum atomic E-state index is 12.7. The predicted molar refractivity (Wildman–Crippen MR) is 121 cm³/mol. The van der Waals surface area contributed by atoms with Crippen molar-refractivity contribution in [3.05, 3.63) is 59.7 Å². The molecule has 0 aromatic heterocycles. The van der Waals surface area contributed by atoms with Crippen LogP contribution in [-0.4, -0.2) is 54.2 Å². The predicted octanol–water partition coefficient (Wildman–Crippen LogP) is 4.02. The first-order valence-corrected chi connectivity index (χ1v) is 11.0. The number of unbranched alkanes of at least 4 members (excludes halogenated alkanes) is 1. The van der Waals surface area contributed by atoms with Gasteiger partial charge >= 0.3 is 12.1 Å². The first kappa shape index (κ1) is 23.3. The van der Waals surface area contributed by atoms with Crippen LogP contribution in [0.25, 0.3) is 11.1 Å². The summed E-state index contributed by atoms with van der Waals surface area (Å²) < 4.78 is 5.56. The summed E-state index contributed by atoms with van der Waals surface area (Å²) in [5.41, 5.74) is 4.53. The zero-order valence-electron chi connectivity index (χ0n) is 18.5. The fraction of sp³-hybridized carbons (Fsp3) is 0.400. The SMILES string of the molecule is CCCC[C@H](NC(=O)OCC1c2ccccc2-c2ccccc21)C(=O)N(C)CCC(=O)O. The number of carboxylic acids is 1. The van der Waals surface area contributed by atoms with Gasteiger partial charge in [0.2, 0.25) is 5.91 Å². The van der Waals surface area contributed by atoms with Crippen molar-refractivity contribution in [2.24, 2.45) is 0 Å². The number of ether oxygens (including phenoxy) is 1. The summed E-state index contributed by atoms with van der Waals surface area (Å²) in [6.07, 6.45) is 1.31. The lowest BCUT2D eigenvalue weighted by Gasteiger charge is -2.24. The van der Waals surface area contributed by atoms with E-state index in [1.807, 2.05) is 43.3 Å². The average Bonchev–Trinajstić information content (AvgIpc) is 3.12. The number of benzene rings is 2. The number of nitrogens with one attached hydrogen (secondary N) is 1. The van der Waals surface area contributed by atoms with Gasteiger partial charge in [-0.2, -0.15) is 0 Å². The standard InChI is InChI=1S/C25H30N2O5/c1-3-4-13-22(24(30)27(2)15-14-23(28)29)26-25(31)32-16-21-19-11-7-5-9-17(19)18-10-6-8-12-20(18)21/h5-12,21-22H,3-4,13-16H2,1-2H3,(H,26,31)(H,28,29)/t22-/m0/s1. The van der Waals surface area contributed by atoms with E-state index in [0.717, 1.165) is 35.1 Å². The fourth-order valence-electron chi connectivity index (χ4n) is 4.09. The van der Waals surface area contributed by atoms with Crippen LogP contribution in [0.5, 0.6) is 0 Å². The molecule has 0 saturated heterocycles. The zero-order valence-corrected chi connectivity index (χ0v) is 18.5. The van der Waals surface area contributed by atoms with Gasteiger partial charge in [0.25, 0.3) is 0 Å². The third-order valence-corrected chi connectivity index (χ3v) is 5.82. The minimum Gasteiger partial charge on any atom is -0.481 e. The van der Waals surface area contributed by atoms with Crippen LogP contribution >= 0.6 is 0 Å². The molecule has 1 atom stereocenters. The van der Waals surface area contributed by atoms with E-state index in [1.165, 1.54) is 4.90 Å². The van der Waals surface area contributed by atoms with Gasteiger partial charge in [-0.1, -0.05) is 68.3 Å². The van der Waals surface area contributed by atoms with E-state index in [0.29, 0.717) is 6.42 Å². The highest BCUT2D eigenvalue weighted by Gasteiger charge is 2.30. The summed E-state index contributed by atoms with van der Waals surface area (Å²) in [4.78, 5) is 37.5. The molecule has 7 heteroatoms. The summed E-state index contributed by atoms with van der Waals surface area (Å²) in [6, 6.07) is 15.4. The van der Waals surface area contributed by atoms with Crippen molar-refractivity contribution in [2.45, 2.75) is 44.6 Å². The second kappa shape index (κ2) is 10.8. The third kappa shape index (κ3) is 5.46. The number of hydrogen-bond donors (Lipinski definition) is 2. The largest absolute Gasteiger partial charge is 0.481 e. The molecule has 0 radical (unpaired) electrons. The normalized spacial score (nSPS) is 13.1. The van der Waals surface area contributed by atoms with Gasteiger partial charge in [-0.25, -0.2) is 4.79 Å². The number of amides is 2. The molecular weight excluding hydrogens is 408 g/mol. The molecule has 32 heavy (non-hydrogen) atoms. The van der Waals surface area contributed by atoms with E-state index < -0.39 is 18.1 Å². The summed E-state index contributed by atoms with van der Waals surface area (Å²) in [7, 11) is 1.55. The number of carbonyl (C=O) groups is 3. The molecule has 7 nitrogen and oxygen atoms in total. The number of fused-ring (bicyclic) bond motifs is 3. The van der Waals surface area contributed by atoms with Crippen molar-refractivity contribution in [1.29, 1.82) is 0 Å². The zero-order chi connectivity index (χ0) is 23.1. The van der Waals surface area contributed by atoms with Gasteiger partial charge in [-0.05, 0) is 28.7 Å². The molecular formula is C25H30N2O5. The lowest BCUT2D eigenvalue weighted by Crippen LogP contribution is -2.48. The second-order valence-corrected chi connectivity index (χ2v) is 8.07. The highest BCUT2D eigenvalue weighted by Crippen LogP contribution is 2.44. The fourth-order valence-corrected chi connectivity index (χ4v) is 4.09. The monoisotopic (exact) mass is 438 g/mol. The van der Waals surface area contributed by atoms with Crippen molar-refractivity contribution < 1.29 is 24.2 Å². The molecule has 1 aliphatic rings. The smallest absolute Gasteiger partial charge is 0.407 e. The number of likely N-dealkylation sites (N-methyl/N-ethyl adjacent to an activating group) is 1. The molecule has 2 aromatic carbocycles. The van der Waals surface area contributed by atoms with Crippen LogP contribution in [0.15, 0.2) is 48.5 Å². The Labute approximate surface area is 188 Å². The Balaban J connectivity index is 1.64. The van der Waals surface area contributed by atoms with Crippen LogP contribution < -0.4 is 5.32 Å². The van der Waals surface area contributed by atoms with Crippen LogP contribution in [0, 0.1) is 0 Å². The van der Waals surface area contributed by atoms with Crippen molar-refractivity contribution in [3.8, 4) is 11.1 Å². The number of hydrogen-bond acceptors (Lipinski definition) is 4. The number of nitrogens with zero attached hydrogens (tertiary/aromatic N) is 1.